The van der Waals surface area contributed by atoms with E-state index in [9.17, 15) is 0 Å². The first-order chi connectivity index (χ1) is 8.42. The third kappa shape index (κ3) is 2.51. The Hall–Kier alpha value is -1.31. The maximum absolute atomic E-state index is 4.62. The van der Waals surface area contributed by atoms with Crippen LogP contribution in [-0.2, 0) is 12.8 Å². The number of benzene rings is 1. The van der Waals surface area contributed by atoms with Gasteiger partial charge in [0, 0.05) is 18.7 Å². The standard InChI is InChI=1S/C15H20N2/c1-2-7-15(16-10-3-1)17-14-9-8-12-5-4-6-13(12)11-14/h8-9,11H,1-7,10H2,(H,16,17). The highest BCUT2D eigenvalue weighted by Gasteiger charge is 2.11. The molecule has 2 aliphatic rings. The zero-order valence-corrected chi connectivity index (χ0v) is 10.3. The molecule has 90 valence electrons. The molecule has 1 aromatic carbocycles. The van der Waals surface area contributed by atoms with Crippen molar-refractivity contribution >= 4 is 11.5 Å². The Morgan fingerprint density at radius 2 is 1.82 bits per heavy atom. The lowest BCUT2D eigenvalue weighted by Crippen LogP contribution is -2.11. The van der Waals surface area contributed by atoms with Crippen LogP contribution in [0.3, 0.4) is 0 Å². The van der Waals surface area contributed by atoms with Crippen LogP contribution in [0.25, 0.3) is 0 Å². The molecule has 0 bridgehead atoms. The summed E-state index contributed by atoms with van der Waals surface area (Å²) in [4.78, 5) is 4.62. The maximum atomic E-state index is 4.62. The van der Waals surface area contributed by atoms with Crippen molar-refractivity contribution in [1.29, 1.82) is 0 Å². The van der Waals surface area contributed by atoms with Crippen LogP contribution in [0, 0.1) is 0 Å². The Morgan fingerprint density at radius 3 is 2.82 bits per heavy atom. The molecule has 0 radical (unpaired) electrons. The molecule has 1 aliphatic heterocycles. The fourth-order valence-corrected chi connectivity index (χ4v) is 2.79. The lowest BCUT2D eigenvalue weighted by atomic mass is 10.1. The molecule has 0 spiro atoms. The van der Waals surface area contributed by atoms with Crippen molar-refractivity contribution < 1.29 is 0 Å². The second kappa shape index (κ2) is 4.91. The molecular formula is C15H20N2. The van der Waals surface area contributed by atoms with Gasteiger partial charge in [0.25, 0.3) is 0 Å². The number of fused-ring (bicyclic) bond motifs is 1. The number of amidine groups is 1. The van der Waals surface area contributed by atoms with Gasteiger partial charge in [-0.2, -0.15) is 0 Å². The van der Waals surface area contributed by atoms with E-state index in [1.54, 1.807) is 5.56 Å². The minimum absolute atomic E-state index is 0.993. The smallest absolute Gasteiger partial charge is 0.101 e. The summed E-state index contributed by atoms with van der Waals surface area (Å²) < 4.78 is 0. The van der Waals surface area contributed by atoms with E-state index in [0.29, 0.717) is 0 Å². The van der Waals surface area contributed by atoms with Crippen LogP contribution in [-0.4, -0.2) is 12.4 Å². The van der Waals surface area contributed by atoms with E-state index in [4.69, 9.17) is 0 Å². The second-order valence-corrected chi connectivity index (χ2v) is 5.10. The summed E-state index contributed by atoms with van der Waals surface area (Å²) in [5.41, 5.74) is 4.30. The molecule has 2 nitrogen and oxygen atoms in total. The number of aliphatic imine (C=N–C) groups is 1. The monoisotopic (exact) mass is 228 g/mol. The number of anilines is 1. The van der Waals surface area contributed by atoms with Gasteiger partial charge in [-0.3, -0.25) is 4.99 Å². The van der Waals surface area contributed by atoms with Crippen molar-refractivity contribution in [3.8, 4) is 0 Å². The predicted molar refractivity (Wildman–Crippen MR) is 72.9 cm³/mol. The van der Waals surface area contributed by atoms with Crippen LogP contribution < -0.4 is 5.32 Å². The molecule has 0 aromatic heterocycles. The van der Waals surface area contributed by atoms with Crippen LogP contribution in [0.5, 0.6) is 0 Å². The largest absolute Gasteiger partial charge is 0.344 e. The van der Waals surface area contributed by atoms with Gasteiger partial charge in [0.05, 0.1) is 0 Å². The maximum Gasteiger partial charge on any atom is 0.101 e. The zero-order valence-electron chi connectivity index (χ0n) is 10.3. The van der Waals surface area contributed by atoms with Crippen molar-refractivity contribution in [3.63, 3.8) is 0 Å². The SMILES string of the molecule is c1cc2c(cc1NC1=NCCCCC1)CCC2. The highest BCUT2D eigenvalue weighted by Crippen LogP contribution is 2.25. The molecular weight excluding hydrogens is 208 g/mol. The van der Waals surface area contributed by atoms with Crippen LogP contribution >= 0.6 is 0 Å². The molecule has 1 aromatic rings. The normalized spacial score (nSPS) is 19.4. The Bertz CT molecular complexity index is 435. The Labute approximate surface area is 103 Å². The van der Waals surface area contributed by atoms with Gasteiger partial charge in [-0.05, 0) is 55.4 Å². The molecule has 2 heteroatoms. The molecule has 1 aliphatic carbocycles. The number of aryl methyl sites for hydroxylation is 2. The third-order valence-corrected chi connectivity index (χ3v) is 3.76. The number of rotatable bonds is 1. The van der Waals surface area contributed by atoms with Crippen molar-refractivity contribution in [2.45, 2.75) is 44.9 Å². The number of nitrogens with one attached hydrogen (secondary N) is 1. The predicted octanol–water partition coefficient (Wildman–Crippen LogP) is 3.56. The summed E-state index contributed by atoms with van der Waals surface area (Å²) in [6.45, 7) is 0.993. The average molecular weight is 228 g/mol. The Morgan fingerprint density at radius 1 is 0.882 bits per heavy atom. The van der Waals surface area contributed by atoms with E-state index in [1.807, 2.05) is 0 Å². The minimum atomic E-state index is 0.993. The van der Waals surface area contributed by atoms with Gasteiger partial charge in [0.15, 0.2) is 0 Å². The molecule has 17 heavy (non-hydrogen) atoms. The molecule has 0 fully saturated rings. The third-order valence-electron chi connectivity index (χ3n) is 3.76. The fourth-order valence-electron chi connectivity index (χ4n) is 2.79. The first-order valence-electron chi connectivity index (χ1n) is 6.84. The second-order valence-electron chi connectivity index (χ2n) is 5.10. The van der Waals surface area contributed by atoms with Crippen LogP contribution in [0.4, 0.5) is 5.69 Å². The average Bonchev–Trinajstić information content (AvgIpc) is 2.65. The van der Waals surface area contributed by atoms with Crippen molar-refractivity contribution in [3.05, 3.63) is 29.3 Å². The number of hydrogen-bond donors (Lipinski definition) is 1. The number of nitrogens with zero attached hydrogens (tertiary/aromatic N) is 1. The van der Waals surface area contributed by atoms with Crippen LogP contribution in [0.2, 0.25) is 0 Å². The van der Waals surface area contributed by atoms with Gasteiger partial charge >= 0.3 is 0 Å². The molecule has 0 unspecified atom stereocenters. The van der Waals surface area contributed by atoms with E-state index < -0.39 is 0 Å². The lowest BCUT2D eigenvalue weighted by Gasteiger charge is -2.10. The molecule has 3 rings (SSSR count). The van der Waals surface area contributed by atoms with Gasteiger partial charge in [-0.15, -0.1) is 0 Å². The summed E-state index contributed by atoms with van der Waals surface area (Å²) in [6, 6.07) is 6.80. The van der Waals surface area contributed by atoms with E-state index in [0.717, 1.165) is 13.0 Å². The first-order valence-corrected chi connectivity index (χ1v) is 6.84. The van der Waals surface area contributed by atoms with E-state index in [-0.39, 0.29) is 0 Å². The van der Waals surface area contributed by atoms with Crippen LogP contribution in [0.1, 0.15) is 43.2 Å². The Balaban J connectivity index is 1.74. The fraction of sp³-hybridized carbons (Fsp3) is 0.533. The lowest BCUT2D eigenvalue weighted by molar-refractivity contribution is 0.731. The molecule has 1 heterocycles. The highest BCUT2D eigenvalue weighted by molar-refractivity contribution is 5.95. The molecule has 0 saturated carbocycles. The molecule has 0 saturated heterocycles. The summed E-state index contributed by atoms with van der Waals surface area (Å²) in [6.07, 6.45) is 8.77. The summed E-state index contributed by atoms with van der Waals surface area (Å²) in [5, 5.41) is 3.50. The van der Waals surface area contributed by atoms with E-state index in [2.05, 4.69) is 28.5 Å². The first kappa shape index (κ1) is 10.8. The van der Waals surface area contributed by atoms with Gasteiger partial charge in [0.1, 0.15) is 5.84 Å². The van der Waals surface area contributed by atoms with Crippen molar-refractivity contribution in [2.24, 2.45) is 4.99 Å². The highest BCUT2D eigenvalue weighted by atomic mass is 15.0. The topological polar surface area (TPSA) is 24.4 Å². The van der Waals surface area contributed by atoms with Gasteiger partial charge < -0.3 is 5.32 Å². The molecule has 1 N–H and O–H groups in total. The molecule has 0 atom stereocenters. The molecule has 0 amide bonds. The summed E-state index contributed by atoms with van der Waals surface area (Å²) >= 11 is 0. The van der Waals surface area contributed by atoms with Gasteiger partial charge in [0.2, 0.25) is 0 Å². The quantitative estimate of drug-likeness (QED) is 0.781. The van der Waals surface area contributed by atoms with Crippen molar-refractivity contribution in [1.82, 2.24) is 0 Å². The van der Waals surface area contributed by atoms with E-state index in [1.165, 1.54) is 55.6 Å². The van der Waals surface area contributed by atoms with Gasteiger partial charge in [-0.1, -0.05) is 12.5 Å². The van der Waals surface area contributed by atoms with Gasteiger partial charge in [-0.25, -0.2) is 0 Å². The summed E-state index contributed by atoms with van der Waals surface area (Å²) in [5.74, 6) is 1.18. The van der Waals surface area contributed by atoms with E-state index >= 15 is 0 Å². The summed E-state index contributed by atoms with van der Waals surface area (Å²) in [7, 11) is 0. The van der Waals surface area contributed by atoms with Crippen molar-refractivity contribution in [2.75, 3.05) is 11.9 Å². The van der Waals surface area contributed by atoms with Crippen LogP contribution in [0.15, 0.2) is 23.2 Å². The Kier molecular flexibility index (Phi) is 3.12. The minimum Gasteiger partial charge on any atom is -0.344 e. The number of hydrogen-bond acceptors (Lipinski definition) is 2. The zero-order chi connectivity index (χ0) is 11.5.